The van der Waals surface area contributed by atoms with E-state index in [1.165, 1.54) is 11.9 Å². The highest BCUT2D eigenvalue weighted by Gasteiger charge is 2.30. The monoisotopic (exact) mass is 476 g/mol. The summed E-state index contributed by atoms with van der Waals surface area (Å²) in [5.41, 5.74) is 3.15. The van der Waals surface area contributed by atoms with Gasteiger partial charge >= 0.3 is 0 Å². The van der Waals surface area contributed by atoms with E-state index < -0.39 is 10.0 Å². The van der Waals surface area contributed by atoms with Crippen LogP contribution in [0, 0.1) is 0 Å². The number of nitrogens with zero attached hydrogens (tertiary/aromatic N) is 6. The molecular weight excluding hydrogens is 448 g/mol. The summed E-state index contributed by atoms with van der Waals surface area (Å²) in [5, 5.41) is 4.39. The Morgan fingerprint density at radius 1 is 0.912 bits per heavy atom. The van der Waals surface area contributed by atoms with E-state index in [1.807, 2.05) is 48.7 Å². The second kappa shape index (κ2) is 9.52. The number of anilines is 1. The van der Waals surface area contributed by atoms with Crippen LogP contribution in [-0.4, -0.2) is 58.5 Å². The molecule has 0 N–H and O–H groups in total. The van der Waals surface area contributed by atoms with E-state index in [0.717, 1.165) is 36.2 Å². The number of fused-ring (bicyclic) bond motifs is 1. The van der Waals surface area contributed by atoms with Crippen LogP contribution in [0.4, 0.5) is 5.82 Å². The molecule has 5 rings (SSSR count). The second-order valence-corrected chi connectivity index (χ2v) is 10.4. The van der Waals surface area contributed by atoms with Crippen LogP contribution < -0.4 is 4.90 Å². The van der Waals surface area contributed by atoms with Crippen molar-refractivity contribution in [3.63, 3.8) is 0 Å². The van der Waals surface area contributed by atoms with Crippen molar-refractivity contribution in [1.82, 2.24) is 23.9 Å². The van der Waals surface area contributed by atoms with Gasteiger partial charge in [0.25, 0.3) is 5.78 Å². The lowest BCUT2D eigenvalue weighted by Gasteiger charge is -2.36. The van der Waals surface area contributed by atoms with Crippen LogP contribution in [0.25, 0.3) is 16.9 Å². The van der Waals surface area contributed by atoms with Crippen LogP contribution in [-0.2, 0) is 16.4 Å². The summed E-state index contributed by atoms with van der Waals surface area (Å²) in [5.74, 6) is 1.40. The molecule has 0 aliphatic carbocycles. The highest BCUT2D eigenvalue weighted by Crippen LogP contribution is 2.31. The molecule has 0 saturated carbocycles. The van der Waals surface area contributed by atoms with E-state index in [1.54, 1.807) is 21.0 Å². The van der Waals surface area contributed by atoms with E-state index in [2.05, 4.69) is 26.9 Å². The minimum absolute atomic E-state index is 0.355. The van der Waals surface area contributed by atoms with Crippen molar-refractivity contribution in [2.75, 3.05) is 31.1 Å². The van der Waals surface area contributed by atoms with Gasteiger partial charge in [-0.25, -0.2) is 13.4 Å². The summed E-state index contributed by atoms with van der Waals surface area (Å²) in [7, 11) is -3.54. The average Bonchev–Trinajstić information content (AvgIpc) is 3.37. The molecule has 0 radical (unpaired) electrons. The summed E-state index contributed by atoms with van der Waals surface area (Å²) in [6, 6.07) is 17.4. The number of hydrogen-bond donors (Lipinski definition) is 0. The van der Waals surface area contributed by atoms with Crippen molar-refractivity contribution in [1.29, 1.82) is 0 Å². The van der Waals surface area contributed by atoms with Crippen molar-refractivity contribution in [3.05, 3.63) is 72.7 Å². The predicted molar refractivity (Wildman–Crippen MR) is 132 cm³/mol. The van der Waals surface area contributed by atoms with Gasteiger partial charge in [-0.3, -0.25) is 0 Å². The molecule has 1 aliphatic heterocycles. The van der Waals surface area contributed by atoms with Crippen LogP contribution in [0.3, 0.4) is 0 Å². The van der Waals surface area contributed by atoms with Crippen LogP contribution in [0.5, 0.6) is 0 Å². The summed E-state index contributed by atoms with van der Waals surface area (Å²) in [6.07, 6.45) is 6.51. The highest BCUT2D eigenvalue weighted by atomic mass is 32.2. The Morgan fingerprint density at radius 2 is 1.65 bits per heavy atom. The zero-order chi connectivity index (χ0) is 23.5. The first-order valence-electron chi connectivity index (χ1n) is 11.7. The normalized spacial score (nSPS) is 15.1. The van der Waals surface area contributed by atoms with Crippen LogP contribution in [0.2, 0.25) is 0 Å². The maximum absolute atomic E-state index is 13.3. The zero-order valence-electron chi connectivity index (χ0n) is 19.2. The van der Waals surface area contributed by atoms with Gasteiger partial charge < -0.3 is 4.90 Å². The molecule has 2 aromatic carbocycles. The molecule has 2 aromatic heterocycles. The van der Waals surface area contributed by atoms with Gasteiger partial charge in [-0.2, -0.15) is 18.9 Å². The molecule has 0 bridgehead atoms. The number of aromatic nitrogens is 4. The molecule has 1 saturated heterocycles. The molecule has 0 atom stereocenters. The van der Waals surface area contributed by atoms with Gasteiger partial charge in [0.1, 0.15) is 12.1 Å². The van der Waals surface area contributed by atoms with Crippen LogP contribution in [0.1, 0.15) is 25.3 Å². The highest BCUT2D eigenvalue weighted by molar-refractivity contribution is 7.89. The van der Waals surface area contributed by atoms with E-state index in [-0.39, 0.29) is 0 Å². The number of aryl methyl sites for hydroxylation is 1. The van der Waals surface area contributed by atoms with E-state index in [9.17, 15) is 8.42 Å². The molecule has 3 heterocycles. The standard InChI is InChI=1S/C25H28N6O2S/c1-2-3-7-20-10-12-22(13-11-20)34(32,33)30-16-14-29(15-17-30)24-23(21-8-5-4-6-9-21)18-26-25-27-19-28-31(24)25/h4-6,8-13,18-19H,2-3,7,14-17H2,1H3. The molecule has 0 amide bonds. The maximum atomic E-state index is 13.3. The summed E-state index contributed by atoms with van der Waals surface area (Å²) >= 11 is 0. The number of unbranched alkanes of at least 4 members (excludes halogenated alkanes) is 1. The Labute approximate surface area is 199 Å². The number of hydrogen-bond acceptors (Lipinski definition) is 6. The number of rotatable bonds is 7. The minimum Gasteiger partial charge on any atom is -0.353 e. The summed E-state index contributed by atoms with van der Waals surface area (Å²) < 4.78 is 29.9. The first kappa shape index (κ1) is 22.5. The molecule has 1 aliphatic rings. The van der Waals surface area contributed by atoms with Crippen molar-refractivity contribution in [3.8, 4) is 11.1 Å². The largest absolute Gasteiger partial charge is 0.353 e. The Hall–Kier alpha value is -3.30. The Balaban J connectivity index is 1.38. The first-order chi connectivity index (χ1) is 16.6. The van der Waals surface area contributed by atoms with Crippen molar-refractivity contribution < 1.29 is 8.42 Å². The number of piperazine rings is 1. The second-order valence-electron chi connectivity index (χ2n) is 8.47. The fourth-order valence-corrected chi connectivity index (χ4v) is 5.81. The predicted octanol–water partition coefficient (Wildman–Crippen LogP) is 3.64. The molecule has 34 heavy (non-hydrogen) atoms. The van der Waals surface area contributed by atoms with Crippen LogP contribution in [0.15, 0.2) is 72.0 Å². The van der Waals surface area contributed by atoms with E-state index in [0.29, 0.717) is 36.9 Å². The molecule has 8 nitrogen and oxygen atoms in total. The lowest BCUT2D eigenvalue weighted by atomic mass is 10.1. The fraction of sp³-hybridized carbons (Fsp3) is 0.320. The zero-order valence-corrected chi connectivity index (χ0v) is 20.0. The van der Waals surface area contributed by atoms with E-state index in [4.69, 9.17) is 0 Å². The van der Waals surface area contributed by atoms with Gasteiger partial charge in [0.2, 0.25) is 10.0 Å². The molecular formula is C25H28N6O2S. The fourth-order valence-electron chi connectivity index (χ4n) is 4.39. The van der Waals surface area contributed by atoms with E-state index >= 15 is 0 Å². The van der Waals surface area contributed by atoms with Crippen molar-refractivity contribution in [2.45, 2.75) is 31.1 Å². The molecule has 4 aromatic rings. The molecule has 1 fully saturated rings. The lowest BCUT2D eigenvalue weighted by molar-refractivity contribution is 0.383. The van der Waals surface area contributed by atoms with Crippen LogP contribution >= 0.6 is 0 Å². The quantitative estimate of drug-likeness (QED) is 0.405. The van der Waals surface area contributed by atoms with Gasteiger partial charge in [0.15, 0.2) is 0 Å². The third kappa shape index (κ3) is 4.28. The number of sulfonamides is 1. The SMILES string of the molecule is CCCCc1ccc(S(=O)(=O)N2CCN(c3c(-c4ccccc4)cnc4ncnn34)CC2)cc1. The maximum Gasteiger partial charge on any atom is 0.254 e. The third-order valence-corrected chi connectivity index (χ3v) is 8.20. The molecule has 0 spiro atoms. The smallest absolute Gasteiger partial charge is 0.254 e. The first-order valence-corrected chi connectivity index (χ1v) is 13.1. The Morgan fingerprint density at radius 3 is 2.35 bits per heavy atom. The van der Waals surface area contributed by atoms with Gasteiger partial charge in [-0.05, 0) is 36.1 Å². The van der Waals surface area contributed by atoms with Gasteiger partial charge in [0.05, 0.1) is 4.90 Å². The Kier molecular flexibility index (Phi) is 6.30. The van der Waals surface area contributed by atoms with Gasteiger partial charge in [-0.1, -0.05) is 55.8 Å². The summed E-state index contributed by atoms with van der Waals surface area (Å²) in [6.45, 7) is 4.04. The molecule has 0 unspecified atom stereocenters. The summed E-state index contributed by atoms with van der Waals surface area (Å²) in [4.78, 5) is 11.2. The third-order valence-electron chi connectivity index (χ3n) is 6.28. The lowest BCUT2D eigenvalue weighted by Crippen LogP contribution is -2.49. The minimum atomic E-state index is -3.54. The van der Waals surface area contributed by atoms with Gasteiger partial charge in [0, 0.05) is 37.9 Å². The van der Waals surface area contributed by atoms with Crippen molar-refractivity contribution >= 4 is 21.6 Å². The van der Waals surface area contributed by atoms with Crippen molar-refractivity contribution in [2.24, 2.45) is 0 Å². The number of benzene rings is 2. The topological polar surface area (TPSA) is 83.7 Å². The molecule has 176 valence electrons. The molecule has 9 heteroatoms. The van der Waals surface area contributed by atoms with Gasteiger partial charge in [-0.15, -0.1) is 0 Å². The average molecular weight is 477 g/mol. The Bertz CT molecular complexity index is 1360.